The maximum absolute atomic E-state index is 12.4. The Labute approximate surface area is 191 Å². The SMILES string of the molecule is COc1ccc(/C=C/C(=O)Nc2cccc(OCc3ccccc3)c2Cl)cc1OC(C)=O. The Balaban J connectivity index is 1.67. The van der Waals surface area contributed by atoms with E-state index in [2.05, 4.69) is 5.32 Å². The fraction of sp³-hybridized carbons (Fsp3) is 0.120. The highest BCUT2D eigenvalue weighted by atomic mass is 35.5. The van der Waals surface area contributed by atoms with E-state index >= 15 is 0 Å². The third-order valence-corrected chi connectivity index (χ3v) is 4.72. The molecule has 3 rings (SSSR count). The molecule has 0 aromatic heterocycles. The van der Waals surface area contributed by atoms with Gasteiger partial charge in [-0.3, -0.25) is 9.59 Å². The molecule has 0 aliphatic heterocycles. The second-order valence-corrected chi connectivity index (χ2v) is 7.10. The summed E-state index contributed by atoms with van der Waals surface area (Å²) in [6.07, 6.45) is 2.94. The van der Waals surface area contributed by atoms with Gasteiger partial charge in [0.2, 0.25) is 5.91 Å². The summed E-state index contributed by atoms with van der Waals surface area (Å²) < 4.78 is 16.1. The van der Waals surface area contributed by atoms with Crippen LogP contribution >= 0.6 is 11.6 Å². The molecule has 1 amide bonds. The number of carbonyl (C=O) groups excluding carboxylic acids is 2. The lowest BCUT2D eigenvalue weighted by atomic mass is 10.2. The highest BCUT2D eigenvalue weighted by molar-refractivity contribution is 6.35. The number of rotatable bonds is 8. The summed E-state index contributed by atoms with van der Waals surface area (Å²) in [5.41, 5.74) is 2.10. The van der Waals surface area contributed by atoms with Crippen LogP contribution in [0.3, 0.4) is 0 Å². The van der Waals surface area contributed by atoms with Gasteiger partial charge in [0.05, 0.1) is 12.8 Å². The van der Waals surface area contributed by atoms with Gasteiger partial charge in [-0.1, -0.05) is 54.1 Å². The first-order valence-electron chi connectivity index (χ1n) is 9.77. The van der Waals surface area contributed by atoms with Crippen molar-refractivity contribution in [3.63, 3.8) is 0 Å². The number of ether oxygens (including phenoxy) is 3. The molecule has 0 fully saturated rings. The summed E-state index contributed by atoms with van der Waals surface area (Å²) in [7, 11) is 1.48. The molecule has 0 spiro atoms. The number of methoxy groups -OCH3 is 1. The van der Waals surface area contributed by atoms with E-state index in [-0.39, 0.29) is 11.7 Å². The van der Waals surface area contributed by atoms with Crippen LogP contribution in [0, 0.1) is 0 Å². The largest absolute Gasteiger partial charge is 0.493 e. The van der Waals surface area contributed by atoms with E-state index in [1.807, 2.05) is 30.3 Å². The second kappa shape index (κ2) is 11.0. The Morgan fingerprint density at radius 2 is 1.75 bits per heavy atom. The molecule has 164 valence electrons. The van der Waals surface area contributed by atoms with E-state index in [0.29, 0.717) is 34.4 Å². The Morgan fingerprint density at radius 3 is 2.47 bits per heavy atom. The van der Waals surface area contributed by atoms with Crippen LogP contribution in [-0.4, -0.2) is 19.0 Å². The first kappa shape index (κ1) is 22.9. The lowest BCUT2D eigenvalue weighted by Crippen LogP contribution is -2.08. The maximum Gasteiger partial charge on any atom is 0.308 e. The molecule has 0 saturated carbocycles. The highest BCUT2D eigenvalue weighted by Crippen LogP contribution is 2.33. The van der Waals surface area contributed by atoms with Crippen LogP contribution in [0.15, 0.2) is 72.8 Å². The van der Waals surface area contributed by atoms with Crippen molar-refractivity contribution < 1.29 is 23.8 Å². The van der Waals surface area contributed by atoms with Crippen molar-refractivity contribution in [3.05, 3.63) is 89.0 Å². The van der Waals surface area contributed by atoms with Crippen LogP contribution in [0.2, 0.25) is 5.02 Å². The van der Waals surface area contributed by atoms with E-state index in [4.69, 9.17) is 25.8 Å². The minimum absolute atomic E-state index is 0.272. The average molecular weight is 452 g/mol. The monoisotopic (exact) mass is 451 g/mol. The molecule has 0 unspecified atom stereocenters. The fourth-order valence-corrected chi connectivity index (χ4v) is 3.06. The summed E-state index contributed by atoms with van der Waals surface area (Å²) in [5, 5.41) is 3.05. The molecule has 0 bridgehead atoms. The third kappa shape index (κ3) is 6.36. The van der Waals surface area contributed by atoms with Gasteiger partial charge < -0.3 is 19.5 Å². The first-order valence-corrected chi connectivity index (χ1v) is 10.1. The Bertz CT molecular complexity index is 1130. The lowest BCUT2D eigenvalue weighted by Gasteiger charge is -2.11. The summed E-state index contributed by atoms with van der Waals surface area (Å²) in [6.45, 7) is 1.66. The summed E-state index contributed by atoms with van der Waals surface area (Å²) in [4.78, 5) is 23.7. The van der Waals surface area contributed by atoms with E-state index in [1.165, 1.54) is 20.1 Å². The Morgan fingerprint density at radius 1 is 0.969 bits per heavy atom. The van der Waals surface area contributed by atoms with Crippen molar-refractivity contribution in [2.75, 3.05) is 12.4 Å². The molecule has 0 aliphatic carbocycles. The number of hydrogen-bond donors (Lipinski definition) is 1. The quantitative estimate of drug-likeness (QED) is 0.278. The second-order valence-electron chi connectivity index (χ2n) is 6.72. The van der Waals surface area contributed by atoms with Crippen molar-refractivity contribution >= 4 is 35.2 Å². The van der Waals surface area contributed by atoms with E-state index < -0.39 is 5.97 Å². The minimum Gasteiger partial charge on any atom is -0.493 e. The molecule has 3 aromatic carbocycles. The average Bonchev–Trinajstić information content (AvgIpc) is 2.79. The molecule has 3 aromatic rings. The molecule has 1 N–H and O–H groups in total. The first-order chi connectivity index (χ1) is 15.5. The number of amides is 1. The van der Waals surface area contributed by atoms with Gasteiger partial charge in [0.25, 0.3) is 0 Å². The molecule has 0 saturated heterocycles. The van der Waals surface area contributed by atoms with Crippen LogP contribution in [0.1, 0.15) is 18.1 Å². The van der Waals surface area contributed by atoms with Crippen molar-refractivity contribution in [3.8, 4) is 17.2 Å². The lowest BCUT2D eigenvalue weighted by molar-refractivity contribution is -0.132. The van der Waals surface area contributed by atoms with Gasteiger partial charge in [-0.25, -0.2) is 0 Å². The number of esters is 1. The Kier molecular flexibility index (Phi) is 7.89. The van der Waals surface area contributed by atoms with E-state index in [9.17, 15) is 9.59 Å². The van der Waals surface area contributed by atoms with Crippen molar-refractivity contribution in [2.45, 2.75) is 13.5 Å². The molecule has 0 radical (unpaired) electrons. The molecular formula is C25H22ClNO5. The van der Waals surface area contributed by atoms with Gasteiger partial charge >= 0.3 is 5.97 Å². The molecular weight excluding hydrogens is 430 g/mol. The maximum atomic E-state index is 12.4. The van der Waals surface area contributed by atoms with Gasteiger partial charge in [0.1, 0.15) is 17.4 Å². The van der Waals surface area contributed by atoms with Crippen LogP contribution in [-0.2, 0) is 16.2 Å². The van der Waals surface area contributed by atoms with Gasteiger partial charge in [0.15, 0.2) is 11.5 Å². The number of carbonyl (C=O) groups is 2. The summed E-state index contributed by atoms with van der Waals surface area (Å²) >= 11 is 6.41. The predicted octanol–water partition coefficient (Wildman–Crippen LogP) is 5.50. The Hall–Kier alpha value is -3.77. The number of nitrogens with one attached hydrogen (secondary N) is 1. The third-order valence-electron chi connectivity index (χ3n) is 4.33. The van der Waals surface area contributed by atoms with Gasteiger partial charge in [0, 0.05) is 13.0 Å². The van der Waals surface area contributed by atoms with E-state index in [1.54, 1.807) is 42.5 Å². The summed E-state index contributed by atoms with van der Waals surface area (Å²) in [5.74, 6) is 0.316. The zero-order chi connectivity index (χ0) is 22.9. The van der Waals surface area contributed by atoms with Gasteiger partial charge in [-0.05, 0) is 41.5 Å². The van der Waals surface area contributed by atoms with E-state index in [0.717, 1.165) is 5.56 Å². The zero-order valence-electron chi connectivity index (χ0n) is 17.6. The zero-order valence-corrected chi connectivity index (χ0v) is 18.4. The number of halogens is 1. The minimum atomic E-state index is -0.467. The molecule has 0 aliphatic rings. The molecule has 32 heavy (non-hydrogen) atoms. The van der Waals surface area contributed by atoms with Crippen LogP contribution in [0.25, 0.3) is 6.08 Å². The summed E-state index contributed by atoms with van der Waals surface area (Å²) in [6, 6.07) is 19.9. The standard InChI is InChI=1S/C25H22ClNO5/c1-17(28)32-23-15-18(11-13-21(23)30-2)12-14-24(29)27-20-9-6-10-22(25(20)26)31-16-19-7-4-3-5-8-19/h3-15H,16H2,1-2H3,(H,27,29)/b14-12+. The molecule has 7 heteroatoms. The van der Waals surface area contributed by atoms with Crippen LogP contribution in [0.4, 0.5) is 5.69 Å². The van der Waals surface area contributed by atoms with Crippen LogP contribution < -0.4 is 19.5 Å². The molecule has 0 atom stereocenters. The topological polar surface area (TPSA) is 73.9 Å². The molecule has 6 nitrogen and oxygen atoms in total. The van der Waals surface area contributed by atoms with Crippen molar-refractivity contribution in [2.24, 2.45) is 0 Å². The number of hydrogen-bond acceptors (Lipinski definition) is 5. The normalized spacial score (nSPS) is 10.6. The number of benzene rings is 3. The van der Waals surface area contributed by atoms with Crippen LogP contribution in [0.5, 0.6) is 17.2 Å². The van der Waals surface area contributed by atoms with Crippen molar-refractivity contribution in [1.29, 1.82) is 0 Å². The fourth-order valence-electron chi connectivity index (χ4n) is 2.83. The predicted molar refractivity (Wildman–Crippen MR) is 124 cm³/mol. The van der Waals surface area contributed by atoms with Gasteiger partial charge in [-0.2, -0.15) is 0 Å². The smallest absolute Gasteiger partial charge is 0.308 e. The number of anilines is 1. The van der Waals surface area contributed by atoms with Gasteiger partial charge in [-0.15, -0.1) is 0 Å². The van der Waals surface area contributed by atoms with Crippen molar-refractivity contribution in [1.82, 2.24) is 0 Å². The molecule has 0 heterocycles. The highest BCUT2D eigenvalue weighted by Gasteiger charge is 2.10.